The molecule has 188 valence electrons. The van der Waals surface area contributed by atoms with E-state index >= 15 is 0 Å². The van der Waals surface area contributed by atoms with Crippen molar-refractivity contribution in [1.29, 1.82) is 0 Å². The van der Waals surface area contributed by atoms with Gasteiger partial charge in [-0.2, -0.15) is 5.10 Å². The highest BCUT2D eigenvalue weighted by Crippen LogP contribution is 2.29. The SMILES string of the molecule is CC(C)(C)N(C(=O)O)[C@H](Cc1ccc2ccccc2c1)C(=O)Nc1cc2c3c(c[nH]c3c1)C=NNC2=O. The summed E-state index contributed by atoms with van der Waals surface area (Å²) in [5.41, 5.74) is 4.59. The van der Waals surface area contributed by atoms with E-state index in [0.29, 0.717) is 22.2 Å². The highest BCUT2D eigenvalue weighted by Gasteiger charge is 2.38. The van der Waals surface area contributed by atoms with Gasteiger partial charge in [-0.25, -0.2) is 10.2 Å². The zero-order valence-corrected chi connectivity index (χ0v) is 20.7. The topological polar surface area (TPSA) is 127 Å². The first-order valence-corrected chi connectivity index (χ1v) is 11.9. The van der Waals surface area contributed by atoms with E-state index in [1.165, 1.54) is 4.90 Å². The zero-order chi connectivity index (χ0) is 26.3. The number of hydrazone groups is 1. The van der Waals surface area contributed by atoms with Crippen molar-refractivity contribution in [2.45, 2.75) is 38.8 Å². The van der Waals surface area contributed by atoms with Crippen LogP contribution in [0.15, 0.2) is 65.9 Å². The first-order valence-electron chi connectivity index (χ1n) is 11.9. The number of benzene rings is 3. The Labute approximate surface area is 213 Å². The molecule has 3 amide bonds. The minimum absolute atomic E-state index is 0.177. The summed E-state index contributed by atoms with van der Waals surface area (Å²) >= 11 is 0. The van der Waals surface area contributed by atoms with Gasteiger partial charge >= 0.3 is 6.09 Å². The van der Waals surface area contributed by atoms with Crippen molar-refractivity contribution in [2.75, 3.05) is 5.32 Å². The van der Waals surface area contributed by atoms with Crippen LogP contribution in [-0.2, 0) is 11.2 Å². The number of anilines is 1. The van der Waals surface area contributed by atoms with E-state index in [0.717, 1.165) is 21.9 Å². The average molecular weight is 498 g/mol. The number of amides is 3. The largest absolute Gasteiger partial charge is 0.465 e. The van der Waals surface area contributed by atoms with Crippen molar-refractivity contribution in [1.82, 2.24) is 15.3 Å². The van der Waals surface area contributed by atoms with E-state index in [4.69, 9.17) is 0 Å². The molecule has 0 radical (unpaired) electrons. The van der Waals surface area contributed by atoms with Gasteiger partial charge in [-0.15, -0.1) is 0 Å². The molecule has 4 N–H and O–H groups in total. The normalized spacial score (nSPS) is 13.8. The van der Waals surface area contributed by atoms with E-state index in [1.807, 2.05) is 42.5 Å². The van der Waals surface area contributed by atoms with Crippen molar-refractivity contribution in [2.24, 2.45) is 5.10 Å². The Kier molecular flexibility index (Phi) is 5.91. The molecule has 0 fully saturated rings. The van der Waals surface area contributed by atoms with Crippen LogP contribution in [0, 0.1) is 0 Å². The predicted octanol–water partition coefficient (Wildman–Crippen LogP) is 4.73. The first kappa shape index (κ1) is 24.1. The van der Waals surface area contributed by atoms with Gasteiger partial charge in [-0.3, -0.25) is 14.5 Å². The van der Waals surface area contributed by atoms with Crippen LogP contribution in [0.4, 0.5) is 10.5 Å². The number of fused-ring (bicyclic) bond motifs is 1. The Morgan fingerprint density at radius 3 is 2.57 bits per heavy atom. The smallest absolute Gasteiger partial charge is 0.408 e. The van der Waals surface area contributed by atoms with Gasteiger partial charge in [-0.1, -0.05) is 42.5 Å². The average Bonchev–Trinajstić information content (AvgIpc) is 3.16. The second-order valence-corrected chi connectivity index (χ2v) is 10.1. The van der Waals surface area contributed by atoms with E-state index in [-0.39, 0.29) is 6.42 Å². The van der Waals surface area contributed by atoms with Crippen molar-refractivity contribution in [3.63, 3.8) is 0 Å². The lowest BCUT2D eigenvalue weighted by Crippen LogP contribution is -2.56. The zero-order valence-electron chi connectivity index (χ0n) is 20.7. The summed E-state index contributed by atoms with van der Waals surface area (Å²) in [5.74, 6) is -0.889. The molecule has 1 aromatic heterocycles. The fourth-order valence-electron chi connectivity index (χ4n) is 4.87. The van der Waals surface area contributed by atoms with Crippen molar-refractivity contribution < 1.29 is 19.5 Å². The molecule has 2 heterocycles. The molecule has 4 aromatic rings. The summed E-state index contributed by atoms with van der Waals surface area (Å²) in [6.45, 7) is 5.27. The Morgan fingerprint density at radius 2 is 1.84 bits per heavy atom. The standard InChI is InChI=1S/C28H27N5O4/c1-28(2,3)33(27(36)37)23(11-16-8-9-17-6-4-5-7-18(17)10-16)26(35)31-20-12-21-24-19(14-29-22(24)13-20)15-30-32-25(21)34/h4-10,12-15,23,29H,11H2,1-3H3,(H,31,35)(H,32,34)(H,36,37)/t23-/m1/s1. The number of carboxylic acid groups (broad SMARTS) is 1. The molecule has 0 bridgehead atoms. The van der Waals surface area contributed by atoms with Gasteiger partial charge in [0.25, 0.3) is 5.91 Å². The van der Waals surface area contributed by atoms with E-state index in [1.54, 1.807) is 45.3 Å². The van der Waals surface area contributed by atoms with E-state index in [9.17, 15) is 19.5 Å². The van der Waals surface area contributed by atoms with Gasteiger partial charge in [0.15, 0.2) is 0 Å². The van der Waals surface area contributed by atoms with Crippen molar-refractivity contribution >= 4 is 51.5 Å². The third-order valence-corrected chi connectivity index (χ3v) is 6.48. The molecule has 0 spiro atoms. The molecule has 1 aliphatic heterocycles. The summed E-state index contributed by atoms with van der Waals surface area (Å²) in [4.78, 5) is 43.0. The summed E-state index contributed by atoms with van der Waals surface area (Å²) in [7, 11) is 0. The molecule has 9 heteroatoms. The summed E-state index contributed by atoms with van der Waals surface area (Å²) < 4.78 is 0. The summed E-state index contributed by atoms with van der Waals surface area (Å²) in [5, 5.41) is 19.7. The third-order valence-electron chi connectivity index (χ3n) is 6.48. The number of H-pyrrole nitrogens is 1. The molecular weight excluding hydrogens is 470 g/mol. The van der Waals surface area contributed by atoms with Crippen LogP contribution in [0.2, 0.25) is 0 Å². The van der Waals surface area contributed by atoms with Crippen LogP contribution in [0.25, 0.3) is 21.7 Å². The molecule has 0 saturated carbocycles. The molecule has 1 aliphatic rings. The monoisotopic (exact) mass is 497 g/mol. The van der Waals surface area contributed by atoms with Crippen LogP contribution in [0.1, 0.15) is 42.3 Å². The molecule has 0 saturated heterocycles. The number of carbonyl (C=O) groups excluding carboxylic acids is 2. The van der Waals surface area contributed by atoms with E-state index < -0.39 is 29.5 Å². The van der Waals surface area contributed by atoms with Gasteiger partial charge in [0.2, 0.25) is 5.91 Å². The second-order valence-electron chi connectivity index (χ2n) is 10.1. The molecule has 9 nitrogen and oxygen atoms in total. The first-order chi connectivity index (χ1) is 17.6. The summed E-state index contributed by atoms with van der Waals surface area (Å²) in [6.07, 6.45) is 2.27. The molecule has 37 heavy (non-hydrogen) atoms. The minimum atomic E-state index is -1.19. The van der Waals surface area contributed by atoms with E-state index in [2.05, 4.69) is 20.8 Å². The predicted molar refractivity (Wildman–Crippen MR) is 143 cm³/mol. The number of aromatic amines is 1. The highest BCUT2D eigenvalue weighted by molar-refractivity contribution is 6.15. The molecular formula is C28H27N5O4. The quantitative estimate of drug-likeness (QED) is 0.318. The van der Waals surface area contributed by atoms with Gasteiger partial charge < -0.3 is 15.4 Å². The lowest BCUT2D eigenvalue weighted by atomic mass is 9.96. The van der Waals surface area contributed by atoms with Gasteiger partial charge in [0.05, 0.1) is 11.8 Å². The number of rotatable bonds is 5. The molecule has 5 rings (SSSR count). The van der Waals surface area contributed by atoms with Crippen LogP contribution >= 0.6 is 0 Å². The number of nitrogens with one attached hydrogen (secondary N) is 3. The molecule has 0 unspecified atom stereocenters. The third kappa shape index (κ3) is 4.63. The Balaban J connectivity index is 1.52. The van der Waals surface area contributed by atoms with Crippen LogP contribution in [0.3, 0.4) is 0 Å². The highest BCUT2D eigenvalue weighted by atomic mass is 16.4. The van der Waals surface area contributed by atoms with Crippen molar-refractivity contribution in [3.8, 4) is 0 Å². The second kappa shape index (κ2) is 9.09. The lowest BCUT2D eigenvalue weighted by molar-refractivity contribution is -0.122. The van der Waals surface area contributed by atoms with Crippen LogP contribution in [-0.4, -0.2) is 50.7 Å². The fraction of sp³-hybridized carbons (Fsp3) is 0.214. The number of aromatic nitrogens is 1. The van der Waals surface area contributed by atoms with Crippen LogP contribution in [0.5, 0.6) is 0 Å². The molecule has 0 aliphatic carbocycles. The maximum Gasteiger partial charge on any atom is 0.408 e. The number of carbonyl (C=O) groups is 3. The molecule has 3 aromatic carbocycles. The summed E-state index contributed by atoms with van der Waals surface area (Å²) in [6, 6.07) is 16.0. The van der Waals surface area contributed by atoms with Gasteiger partial charge in [0, 0.05) is 40.3 Å². The van der Waals surface area contributed by atoms with Crippen molar-refractivity contribution in [3.05, 3.63) is 77.5 Å². The Bertz CT molecular complexity index is 1580. The van der Waals surface area contributed by atoms with Gasteiger partial charge in [0.1, 0.15) is 6.04 Å². The fourth-order valence-corrected chi connectivity index (χ4v) is 4.87. The lowest BCUT2D eigenvalue weighted by Gasteiger charge is -2.39. The number of hydrogen-bond donors (Lipinski definition) is 4. The minimum Gasteiger partial charge on any atom is -0.465 e. The van der Waals surface area contributed by atoms with Gasteiger partial charge in [-0.05, 0) is 49.2 Å². The Morgan fingerprint density at radius 1 is 1.08 bits per heavy atom. The van der Waals surface area contributed by atoms with Crippen LogP contribution < -0.4 is 10.7 Å². The molecule has 1 atom stereocenters. The number of hydrogen-bond acceptors (Lipinski definition) is 4. The maximum atomic E-state index is 13.7. The number of nitrogens with zero attached hydrogens (tertiary/aromatic N) is 2. The maximum absolute atomic E-state index is 13.7. The Hall–Kier alpha value is -4.66.